The van der Waals surface area contributed by atoms with Crippen LogP contribution in [0.3, 0.4) is 0 Å². The molecule has 0 bridgehead atoms. The van der Waals surface area contributed by atoms with Gasteiger partial charge in [0.1, 0.15) is 11.4 Å². The number of carbonyl (C=O) groups is 1. The maximum Gasteiger partial charge on any atom is 0.410 e. The highest BCUT2D eigenvalue weighted by atomic mass is 19.1. The van der Waals surface area contributed by atoms with Crippen molar-refractivity contribution < 1.29 is 18.7 Å². The highest BCUT2D eigenvalue weighted by Crippen LogP contribution is 2.28. The van der Waals surface area contributed by atoms with Gasteiger partial charge in [-0.1, -0.05) is 0 Å². The van der Waals surface area contributed by atoms with Gasteiger partial charge in [-0.15, -0.1) is 0 Å². The zero-order valence-corrected chi connectivity index (χ0v) is 17.8. The summed E-state index contributed by atoms with van der Waals surface area (Å²) < 4.78 is 25.7. The molecule has 1 amide bonds. The summed E-state index contributed by atoms with van der Waals surface area (Å²) in [6, 6.07) is 4.89. The first-order valence-corrected chi connectivity index (χ1v) is 10.6. The molecule has 6 nitrogen and oxygen atoms in total. The summed E-state index contributed by atoms with van der Waals surface area (Å²) in [7, 11) is 0. The topological polar surface area (TPSA) is 68.0 Å². The molecule has 3 rings (SSSR count). The lowest BCUT2D eigenvalue weighted by Crippen LogP contribution is -2.44. The first-order valence-electron chi connectivity index (χ1n) is 10.6. The third kappa shape index (κ3) is 6.23. The van der Waals surface area contributed by atoms with Crippen LogP contribution in [0.1, 0.15) is 46.5 Å². The maximum absolute atomic E-state index is 14.1. The third-order valence-electron chi connectivity index (χ3n) is 5.59. The normalized spacial score (nSPS) is 19.4. The second kappa shape index (κ2) is 9.20. The van der Waals surface area contributed by atoms with E-state index >= 15 is 0 Å². The van der Waals surface area contributed by atoms with Crippen molar-refractivity contribution in [1.82, 2.24) is 4.90 Å². The van der Waals surface area contributed by atoms with E-state index in [0.717, 1.165) is 45.4 Å². The summed E-state index contributed by atoms with van der Waals surface area (Å²) in [6.45, 7) is 9.38. The number of nitrogens with zero attached hydrogens (tertiary/aromatic N) is 2. The van der Waals surface area contributed by atoms with Crippen LogP contribution in [0.25, 0.3) is 0 Å². The van der Waals surface area contributed by atoms with Crippen molar-refractivity contribution in [3.63, 3.8) is 0 Å². The third-order valence-corrected chi connectivity index (χ3v) is 5.59. The molecule has 1 aromatic carbocycles. The van der Waals surface area contributed by atoms with E-state index in [1.165, 1.54) is 6.07 Å². The fourth-order valence-electron chi connectivity index (χ4n) is 3.92. The van der Waals surface area contributed by atoms with Gasteiger partial charge in [0.2, 0.25) is 0 Å². The van der Waals surface area contributed by atoms with E-state index in [1.54, 1.807) is 17.0 Å². The van der Waals surface area contributed by atoms with Crippen molar-refractivity contribution in [2.45, 2.75) is 58.2 Å². The molecule has 0 aromatic heterocycles. The molecule has 2 N–H and O–H groups in total. The van der Waals surface area contributed by atoms with Crippen LogP contribution in [-0.4, -0.2) is 55.5 Å². The number of ether oxygens (including phenoxy) is 2. The number of hydrogen-bond acceptors (Lipinski definition) is 5. The zero-order valence-electron chi connectivity index (χ0n) is 17.8. The highest BCUT2D eigenvalue weighted by Gasteiger charge is 2.28. The van der Waals surface area contributed by atoms with Crippen LogP contribution in [0.4, 0.5) is 20.6 Å². The Morgan fingerprint density at radius 3 is 2.38 bits per heavy atom. The van der Waals surface area contributed by atoms with E-state index in [9.17, 15) is 9.18 Å². The fraction of sp³-hybridized carbons (Fsp3) is 0.682. The van der Waals surface area contributed by atoms with Crippen LogP contribution < -0.4 is 10.6 Å². The SMILES string of the molecule is CC(C)(C)OC(=O)N1CCC(OCC2CCN(c3ccc(N)cc3F)CC2)CC1. The van der Waals surface area contributed by atoms with E-state index in [-0.39, 0.29) is 18.0 Å². The van der Waals surface area contributed by atoms with Crippen molar-refractivity contribution in [1.29, 1.82) is 0 Å². The standard InChI is InChI=1S/C22H34FN3O3/c1-22(2,3)29-21(27)26-12-8-18(9-13-26)28-15-16-6-10-25(11-7-16)20-5-4-17(24)14-19(20)23/h4-5,14,16,18H,6-13,15,24H2,1-3H3. The van der Waals surface area contributed by atoms with Crippen LogP contribution in [0.5, 0.6) is 0 Å². The van der Waals surface area contributed by atoms with Crippen LogP contribution in [0.15, 0.2) is 18.2 Å². The summed E-state index contributed by atoms with van der Waals surface area (Å²) in [5.41, 5.74) is 6.26. The molecule has 7 heteroatoms. The molecule has 2 aliphatic heterocycles. The Balaban J connectivity index is 1.36. The molecule has 2 heterocycles. The number of piperidine rings is 2. The Labute approximate surface area is 173 Å². The minimum atomic E-state index is -0.464. The first-order chi connectivity index (χ1) is 13.7. The number of likely N-dealkylation sites (tertiary alicyclic amines) is 1. The van der Waals surface area contributed by atoms with Gasteiger partial charge in [0.25, 0.3) is 0 Å². The Morgan fingerprint density at radius 1 is 1.14 bits per heavy atom. The number of hydrogen-bond donors (Lipinski definition) is 1. The summed E-state index contributed by atoms with van der Waals surface area (Å²) in [4.78, 5) is 16.0. The average molecular weight is 408 g/mol. The van der Waals surface area contributed by atoms with Gasteiger partial charge < -0.3 is 25.0 Å². The number of anilines is 2. The van der Waals surface area contributed by atoms with Crippen molar-refractivity contribution in [2.24, 2.45) is 5.92 Å². The van der Waals surface area contributed by atoms with Gasteiger partial charge in [-0.25, -0.2) is 9.18 Å². The van der Waals surface area contributed by atoms with Crippen molar-refractivity contribution in [3.8, 4) is 0 Å². The van der Waals surface area contributed by atoms with E-state index in [2.05, 4.69) is 4.90 Å². The predicted molar refractivity (Wildman–Crippen MR) is 113 cm³/mol. The number of nitrogens with two attached hydrogens (primary N) is 1. The molecule has 162 valence electrons. The van der Waals surface area contributed by atoms with Crippen molar-refractivity contribution >= 4 is 17.5 Å². The number of benzene rings is 1. The second-order valence-electron chi connectivity index (χ2n) is 9.14. The smallest absolute Gasteiger partial charge is 0.410 e. The lowest BCUT2D eigenvalue weighted by Gasteiger charge is -2.36. The summed E-state index contributed by atoms with van der Waals surface area (Å²) >= 11 is 0. The van der Waals surface area contributed by atoms with Gasteiger partial charge in [0.15, 0.2) is 0 Å². The van der Waals surface area contributed by atoms with E-state index in [0.29, 0.717) is 30.4 Å². The van der Waals surface area contributed by atoms with E-state index in [1.807, 2.05) is 20.8 Å². The molecule has 0 radical (unpaired) electrons. The fourth-order valence-corrected chi connectivity index (χ4v) is 3.92. The predicted octanol–water partition coefficient (Wildman–Crippen LogP) is 4.04. The molecule has 0 atom stereocenters. The number of halogens is 1. The van der Waals surface area contributed by atoms with Gasteiger partial charge in [-0.3, -0.25) is 0 Å². The molecule has 0 spiro atoms. The molecule has 2 fully saturated rings. The lowest BCUT2D eigenvalue weighted by molar-refractivity contribution is -0.0230. The Hall–Kier alpha value is -2.02. The number of rotatable bonds is 4. The van der Waals surface area contributed by atoms with Crippen molar-refractivity contribution in [3.05, 3.63) is 24.0 Å². The Kier molecular flexibility index (Phi) is 6.88. The van der Waals surface area contributed by atoms with Crippen LogP contribution in [0, 0.1) is 11.7 Å². The van der Waals surface area contributed by atoms with E-state index in [4.69, 9.17) is 15.2 Å². The van der Waals surface area contributed by atoms with Crippen LogP contribution >= 0.6 is 0 Å². The molecule has 0 unspecified atom stereocenters. The van der Waals surface area contributed by atoms with Gasteiger partial charge in [-0.2, -0.15) is 0 Å². The zero-order chi connectivity index (χ0) is 21.0. The molecule has 0 aliphatic carbocycles. The van der Waals surface area contributed by atoms with Gasteiger partial charge in [0.05, 0.1) is 11.8 Å². The summed E-state index contributed by atoms with van der Waals surface area (Å²) in [6.07, 6.45) is 3.62. The summed E-state index contributed by atoms with van der Waals surface area (Å²) in [5.74, 6) is 0.239. The quantitative estimate of drug-likeness (QED) is 0.763. The monoisotopic (exact) mass is 407 g/mol. The lowest BCUT2D eigenvalue weighted by atomic mass is 9.97. The van der Waals surface area contributed by atoms with Gasteiger partial charge in [-0.05, 0) is 70.6 Å². The largest absolute Gasteiger partial charge is 0.444 e. The molecule has 2 aliphatic rings. The average Bonchev–Trinajstić information content (AvgIpc) is 2.66. The maximum atomic E-state index is 14.1. The molecule has 1 aromatic rings. The first kappa shape index (κ1) is 21.7. The number of amides is 1. The molecular formula is C22H34FN3O3. The Morgan fingerprint density at radius 2 is 1.79 bits per heavy atom. The molecular weight excluding hydrogens is 373 g/mol. The number of carbonyl (C=O) groups excluding carboxylic acids is 1. The Bertz CT molecular complexity index is 691. The van der Waals surface area contributed by atoms with Gasteiger partial charge >= 0.3 is 6.09 Å². The van der Waals surface area contributed by atoms with Crippen LogP contribution in [0.2, 0.25) is 0 Å². The highest BCUT2D eigenvalue weighted by molar-refractivity contribution is 5.68. The second-order valence-corrected chi connectivity index (χ2v) is 9.14. The molecule has 2 saturated heterocycles. The summed E-state index contributed by atoms with van der Waals surface area (Å²) in [5, 5.41) is 0. The van der Waals surface area contributed by atoms with Crippen molar-refractivity contribution in [2.75, 3.05) is 43.4 Å². The molecule has 0 saturated carbocycles. The van der Waals surface area contributed by atoms with E-state index < -0.39 is 5.60 Å². The molecule has 29 heavy (non-hydrogen) atoms. The minimum Gasteiger partial charge on any atom is -0.444 e. The van der Waals surface area contributed by atoms with Gasteiger partial charge in [0, 0.05) is 38.5 Å². The minimum absolute atomic E-state index is 0.196. The van der Waals surface area contributed by atoms with Crippen LogP contribution in [-0.2, 0) is 9.47 Å². The number of nitrogen functional groups attached to an aromatic ring is 1.